The maximum atomic E-state index is 9.12. The second-order valence-corrected chi connectivity index (χ2v) is 4.65. The van der Waals surface area contributed by atoms with Gasteiger partial charge in [0, 0.05) is 15.9 Å². The number of aliphatic imine (C=N–C) groups is 1. The summed E-state index contributed by atoms with van der Waals surface area (Å²) in [5, 5.41) is 9.12. The Morgan fingerprint density at radius 2 is 2.27 bits per heavy atom. The van der Waals surface area contributed by atoms with Crippen LogP contribution in [-0.2, 0) is 0 Å². The van der Waals surface area contributed by atoms with Crippen LogP contribution in [0.4, 0.5) is 5.69 Å². The van der Waals surface area contributed by atoms with Gasteiger partial charge < -0.3 is 5.11 Å². The minimum Gasteiger partial charge on any atom is -0.508 e. The molecule has 2 rings (SSSR count). The standard InChI is InChI=1S/C8H6INO/c11-6-1-2-7-8(5-6)10-4-3-9-7/h1-5,11H. The number of nitrogens with zero attached hydrogens (tertiary/aromatic N) is 1. The number of aromatic hydroxyl groups is 1. The van der Waals surface area contributed by atoms with Crippen molar-refractivity contribution < 1.29 is 5.11 Å². The van der Waals surface area contributed by atoms with Gasteiger partial charge in [0.1, 0.15) is 5.75 Å². The van der Waals surface area contributed by atoms with Crippen LogP contribution in [0.3, 0.4) is 0 Å². The molecule has 0 unspecified atom stereocenters. The number of benzene rings is 1. The Balaban J connectivity index is 2.63. The lowest BCUT2D eigenvalue weighted by atomic mass is 10.3. The topological polar surface area (TPSA) is 32.6 Å². The summed E-state index contributed by atoms with van der Waals surface area (Å²) in [6, 6.07) is 5.37. The van der Waals surface area contributed by atoms with Gasteiger partial charge in [-0.2, -0.15) is 0 Å². The highest BCUT2D eigenvalue weighted by molar-refractivity contribution is 14.2. The van der Waals surface area contributed by atoms with Crippen molar-refractivity contribution in [1.29, 1.82) is 0 Å². The molecule has 56 valence electrons. The second-order valence-electron chi connectivity index (χ2n) is 2.15. The molecule has 0 saturated carbocycles. The van der Waals surface area contributed by atoms with E-state index in [-0.39, 0.29) is 20.7 Å². The molecule has 0 aliphatic carbocycles. The van der Waals surface area contributed by atoms with Gasteiger partial charge in [0.25, 0.3) is 0 Å². The van der Waals surface area contributed by atoms with Gasteiger partial charge in [0.2, 0.25) is 0 Å². The van der Waals surface area contributed by atoms with Crippen molar-refractivity contribution in [2.24, 2.45) is 4.99 Å². The molecule has 1 N–H and O–H groups in total. The van der Waals surface area contributed by atoms with Crippen molar-refractivity contribution >= 4 is 36.6 Å². The summed E-state index contributed by atoms with van der Waals surface area (Å²) in [5.74, 6) is 0.298. The van der Waals surface area contributed by atoms with Gasteiger partial charge >= 0.3 is 0 Å². The van der Waals surface area contributed by atoms with Gasteiger partial charge in [-0.25, -0.2) is 0 Å². The summed E-state index contributed by atoms with van der Waals surface area (Å²) in [4.78, 5) is 4.14. The van der Waals surface area contributed by atoms with E-state index >= 15 is 0 Å². The zero-order chi connectivity index (χ0) is 7.68. The number of fused-ring (bicyclic) bond motifs is 1. The van der Waals surface area contributed by atoms with E-state index in [1.54, 1.807) is 12.1 Å². The van der Waals surface area contributed by atoms with Crippen LogP contribution in [0.25, 0.3) is 0 Å². The Hall–Kier alpha value is -0.710. The molecule has 0 spiro atoms. The number of phenols is 1. The minimum atomic E-state index is -0.00320. The molecule has 3 heteroatoms. The zero-order valence-electron chi connectivity index (χ0n) is 5.66. The predicted molar refractivity (Wildman–Crippen MR) is 55.0 cm³/mol. The lowest BCUT2D eigenvalue weighted by molar-refractivity contribution is 0.475. The maximum Gasteiger partial charge on any atom is 0.117 e. The average molecular weight is 259 g/mol. The van der Waals surface area contributed by atoms with Crippen molar-refractivity contribution in [3.63, 3.8) is 0 Å². The molecule has 0 radical (unpaired) electrons. The lowest BCUT2D eigenvalue weighted by Gasteiger charge is -2.02. The molecule has 1 aromatic carbocycles. The monoisotopic (exact) mass is 259 g/mol. The summed E-state index contributed by atoms with van der Waals surface area (Å²) < 4.78 is 3.39. The minimum absolute atomic E-state index is 0.00320. The molecule has 1 aliphatic rings. The molecule has 0 atom stereocenters. The normalized spacial score (nSPS) is 13.8. The molecule has 2 nitrogen and oxygen atoms in total. The molecule has 1 aliphatic heterocycles. The summed E-state index contributed by atoms with van der Waals surface area (Å²) >= 11 is -0.00320. The Morgan fingerprint density at radius 1 is 1.36 bits per heavy atom. The van der Waals surface area contributed by atoms with Crippen molar-refractivity contribution in [3.8, 4) is 5.75 Å². The highest BCUT2D eigenvalue weighted by Crippen LogP contribution is 2.29. The van der Waals surface area contributed by atoms with Crippen LogP contribution in [0.15, 0.2) is 23.2 Å². The van der Waals surface area contributed by atoms with Crippen LogP contribution in [0.2, 0.25) is 0 Å². The highest BCUT2D eigenvalue weighted by Gasteiger charge is 2.01. The van der Waals surface area contributed by atoms with Crippen molar-refractivity contribution in [1.82, 2.24) is 0 Å². The molecule has 0 bridgehead atoms. The van der Waals surface area contributed by atoms with Gasteiger partial charge in [-0.15, -0.1) is 0 Å². The molecule has 0 fully saturated rings. The van der Waals surface area contributed by atoms with Gasteiger partial charge in [0.15, 0.2) is 0 Å². The maximum absolute atomic E-state index is 9.12. The Bertz CT molecular complexity index is 344. The molecular formula is C8H6INO. The lowest BCUT2D eigenvalue weighted by Crippen LogP contribution is -1.82. The highest BCUT2D eigenvalue weighted by atomic mass is 127. The molecular weight excluding hydrogens is 253 g/mol. The predicted octanol–water partition coefficient (Wildman–Crippen LogP) is 2.05. The Kier molecular flexibility index (Phi) is 1.73. The summed E-state index contributed by atoms with van der Waals surface area (Å²) in [6.45, 7) is 0. The van der Waals surface area contributed by atoms with E-state index in [0.29, 0.717) is 5.75 Å². The van der Waals surface area contributed by atoms with E-state index in [9.17, 15) is 0 Å². The van der Waals surface area contributed by atoms with E-state index in [1.807, 2.05) is 12.3 Å². The first-order chi connectivity index (χ1) is 5.36. The third-order valence-electron chi connectivity index (χ3n) is 1.38. The van der Waals surface area contributed by atoms with E-state index in [0.717, 1.165) is 5.69 Å². The van der Waals surface area contributed by atoms with Gasteiger partial charge in [0.05, 0.1) is 5.69 Å². The number of rotatable bonds is 0. The van der Waals surface area contributed by atoms with Crippen LogP contribution >= 0.6 is 20.7 Å². The Morgan fingerprint density at radius 3 is 3.18 bits per heavy atom. The molecule has 0 amide bonds. The van der Waals surface area contributed by atoms with Gasteiger partial charge in [-0.1, -0.05) is 20.7 Å². The van der Waals surface area contributed by atoms with Crippen LogP contribution in [-0.4, -0.2) is 15.3 Å². The largest absolute Gasteiger partial charge is 0.508 e. The summed E-state index contributed by atoms with van der Waals surface area (Å²) in [5.41, 5.74) is 0.931. The fourth-order valence-electron chi connectivity index (χ4n) is 0.897. The van der Waals surface area contributed by atoms with Crippen LogP contribution in [0, 0.1) is 3.57 Å². The number of hydrogen-bond donors (Lipinski definition) is 1. The first-order valence-electron chi connectivity index (χ1n) is 3.18. The molecule has 0 saturated heterocycles. The van der Waals surface area contributed by atoms with E-state index in [1.165, 1.54) is 3.57 Å². The quantitative estimate of drug-likeness (QED) is 0.710. The van der Waals surface area contributed by atoms with Gasteiger partial charge in [-0.3, -0.25) is 4.99 Å². The molecule has 1 heterocycles. The third-order valence-corrected chi connectivity index (χ3v) is 3.64. The van der Waals surface area contributed by atoms with Gasteiger partial charge in [-0.05, 0) is 16.1 Å². The van der Waals surface area contributed by atoms with Crippen LogP contribution in [0.1, 0.15) is 0 Å². The van der Waals surface area contributed by atoms with Crippen LogP contribution in [0.5, 0.6) is 5.75 Å². The smallest absolute Gasteiger partial charge is 0.117 e. The van der Waals surface area contributed by atoms with Crippen molar-refractivity contribution in [3.05, 3.63) is 21.8 Å². The third kappa shape index (κ3) is 1.33. The number of phenolic OH excluding ortho intramolecular Hbond substituents is 1. The zero-order valence-corrected chi connectivity index (χ0v) is 7.82. The molecule has 0 aromatic heterocycles. The molecule has 11 heavy (non-hydrogen) atoms. The van der Waals surface area contributed by atoms with E-state index in [4.69, 9.17) is 5.11 Å². The van der Waals surface area contributed by atoms with Crippen molar-refractivity contribution in [2.45, 2.75) is 0 Å². The summed E-state index contributed by atoms with van der Waals surface area (Å²) in [6.07, 6.45) is 1.81. The first-order valence-corrected chi connectivity index (χ1v) is 5.51. The fourth-order valence-corrected chi connectivity index (χ4v) is 2.61. The fraction of sp³-hybridized carbons (Fsp3) is 0. The first kappa shape index (κ1) is 6.97. The number of halogens is 1. The van der Waals surface area contributed by atoms with Crippen LogP contribution < -0.4 is 0 Å². The van der Waals surface area contributed by atoms with E-state index in [2.05, 4.69) is 9.00 Å². The Labute approximate surface area is 74.3 Å². The van der Waals surface area contributed by atoms with E-state index < -0.39 is 0 Å². The molecule has 1 aromatic rings. The van der Waals surface area contributed by atoms with Crippen molar-refractivity contribution in [2.75, 3.05) is 0 Å². The average Bonchev–Trinajstić information content (AvgIpc) is 2.04. The number of hydrogen-bond acceptors (Lipinski definition) is 2. The summed E-state index contributed by atoms with van der Waals surface area (Å²) in [7, 11) is 0. The SMILES string of the molecule is Oc1ccc2c(c1)N=CC=I2. The second kappa shape index (κ2) is 2.73.